The number of halogens is 1. The minimum absolute atomic E-state index is 0.0177. The fourth-order valence-corrected chi connectivity index (χ4v) is 8.16. The Morgan fingerprint density at radius 2 is 2.05 bits per heavy atom. The molecule has 3 heterocycles. The number of carbonyl (C=O) groups excluding carboxylic acids is 1. The Morgan fingerprint density at radius 1 is 1.18 bits per heavy atom. The highest BCUT2D eigenvalue weighted by Gasteiger charge is 2.60. The molecule has 2 saturated carbocycles. The Kier molecular flexibility index (Phi) is 7.25. The van der Waals surface area contributed by atoms with Gasteiger partial charge in [-0.3, -0.25) is 0 Å². The molecule has 2 aliphatic carbocycles. The molecule has 7 unspecified atom stereocenters. The Balaban J connectivity index is 1.24. The zero-order valence-electron chi connectivity index (χ0n) is 22.8. The van der Waals surface area contributed by atoms with Crippen LogP contribution in [0.25, 0.3) is 0 Å². The smallest absolute Gasteiger partial charge is 0.335 e. The number of hydrogen-bond donors (Lipinski definition) is 1. The zero-order chi connectivity index (χ0) is 27.2. The van der Waals surface area contributed by atoms with Gasteiger partial charge in [0.25, 0.3) is 0 Å². The van der Waals surface area contributed by atoms with Crippen molar-refractivity contribution in [1.29, 1.82) is 0 Å². The summed E-state index contributed by atoms with van der Waals surface area (Å²) in [5.74, 6) is 1.17. The summed E-state index contributed by atoms with van der Waals surface area (Å²) >= 11 is 6.24. The molecule has 0 bridgehead atoms. The second-order valence-electron chi connectivity index (χ2n) is 12.2. The molecule has 0 radical (unpaired) electrons. The number of rotatable bonds is 7. The van der Waals surface area contributed by atoms with E-state index in [1.807, 2.05) is 36.4 Å². The van der Waals surface area contributed by atoms with Gasteiger partial charge in [0.2, 0.25) is 6.29 Å². The van der Waals surface area contributed by atoms with E-state index >= 15 is 0 Å². The SMILES string of the molecule is C=C1CCC2C3(C)COC(c4ccco4)OC3CCC2(C)C1CC(NCc1cccc(Cl)c1)C1=CCOC1=O. The molecular weight excluding hydrogens is 514 g/mol. The average Bonchev–Trinajstić information content (AvgIpc) is 3.60. The molecular formula is C32H38ClNO5. The topological polar surface area (TPSA) is 69.9 Å². The van der Waals surface area contributed by atoms with Crippen molar-refractivity contribution >= 4 is 17.6 Å². The van der Waals surface area contributed by atoms with Gasteiger partial charge < -0.3 is 23.9 Å². The first kappa shape index (κ1) is 26.8. The summed E-state index contributed by atoms with van der Waals surface area (Å²) in [5.41, 5.74) is 3.00. The van der Waals surface area contributed by atoms with E-state index in [4.69, 9.17) is 30.2 Å². The van der Waals surface area contributed by atoms with E-state index < -0.39 is 6.29 Å². The predicted octanol–water partition coefficient (Wildman–Crippen LogP) is 6.77. The monoisotopic (exact) mass is 551 g/mol. The number of esters is 1. The second-order valence-corrected chi connectivity index (χ2v) is 12.6. The lowest BCUT2D eigenvalue weighted by Crippen LogP contribution is -2.60. The number of cyclic esters (lactones) is 1. The number of fused-ring (bicyclic) bond motifs is 3. The van der Waals surface area contributed by atoms with Crippen LogP contribution in [-0.4, -0.2) is 31.3 Å². The zero-order valence-corrected chi connectivity index (χ0v) is 23.5. The van der Waals surface area contributed by atoms with Crippen LogP contribution in [0.2, 0.25) is 5.02 Å². The van der Waals surface area contributed by atoms with Crippen LogP contribution in [0, 0.1) is 22.7 Å². The summed E-state index contributed by atoms with van der Waals surface area (Å²) in [6.07, 6.45) is 8.09. The van der Waals surface area contributed by atoms with E-state index in [1.54, 1.807) is 6.26 Å². The normalized spacial score (nSPS) is 35.1. The van der Waals surface area contributed by atoms with Crippen molar-refractivity contribution in [2.24, 2.45) is 22.7 Å². The molecule has 6 nitrogen and oxygen atoms in total. The van der Waals surface area contributed by atoms with E-state index in [9.17, 15) is 4.79 Å². The van der Waals surface area contributed by atoms with Gasteiger partial charge in [-0.2, -0.15) is 0 Å². The largest absolute Gasteiger partial charge is 0.464 e. The number of furan rings is 1. The number of carbonyl (C=O) groups is 1. The third-order valence-electron chi connectivity index (χ3n) is 9.97. The lowest BCUT2D eigenvalue weighted by Gasteiger charge is -2.62. The lowest BCUT2D eigenvalue weighted by atomic mass is 9.45. The summed E-state index contributed by atoms with van der Waals surface area (Å²) < 4.78 is 23.8. The summed E-state index contributed by atoms with van der Waals surface area (Å²) in [5, 5.41) is 4.38. The summed E-state index contributed by atoms with van der Waals surface area (Å²) in [7, 11) is 0. The average molecular weight is 552 g/mol. The standard InChI is InChI=1S/C32H38ClNO5/c1-20-9-10-27-31(2,13-11-28-32(27,3)19-38-30(39-28)26-8-5-14-36-26)24(20)17-25(23-12-15-37-29(23)35)34-18-21-6-4-7-22(33)16-21/h4-8,12,14,16,24-25,27-28,30,34H,1,9-11,13,15,17-19H2,2-3H3. The van der Waals surface area contributed by atoms with Crippen LogP contribution >= 0.6 is 11.6 Å². The first-order valence-electron chi connectivity index (χ1n) is 14.1. The minimum Gasteiger partial charge on any atom is -0.464 e. The van der Waals surface area contributed by atoms with Crippen LogP contribution in [0.5, 0.6) is 0 Å². The molecule has 3 fully saturated rings. The fourth-order valence-electron chi connectivity index (χ4n) is 7.94. The lowest BCUT2D eigenvalue weighted by molar-refractivity contribution is -0.311. The van der Waals surface area contributed by atoms with Crippen LogP contribution in [0.4, 0.5) is 0 Å². The molecule has 6 rings (SSSR count). The van der Waals surface area contributed by atoms with Crippen LogP contribution in [0.3, 0.4) is 0 Å². The molecule has 7 atom stereocenters. The van der Waals surface area contributed by atoms with Gasteiger partial charge in [0.15, 0.2) is 5.76 Å². The predicted molar refractivity (Wildman–Crippen MR) is 149 cm³/mol. The highest BCUT2D eigenvalue weighted by Crippen LogP contribution is 2.64. The maximum absolute atomic E-state index is 12.7. The molecule has 39 heavy (non-hydrogen) atoms. The van der Waals surface area contributed by atoms with Crippen molar-refractivity contribution in [3.63, 3.8) is 0 Å². The molecule has 0 spiro atoms. The quantitative estimate of drug-likeness (QED) is 0.302. The van der Waals surface area contributed by atoms with Crippen molar-refractivity contribution in [2.45, 2.75) is 70.9 Å². The van der Waals surface area contributed by atoms with Crippen molar-refractivity contribution < 1.29 is 23.4 Å². The van der Waals surface area contributed by atoms with Crippen LogP contribution in [0.1, 0.15) is 63.6 Å². The van der Waals surface area contributed by atoms with Gasteiger partial charge in [-0.1, -0.05) is 49.7 Å². The molecule has 1 saturated heterocycles. The van der Waals surface area contributed by atoms with Crippen LogP contribution in [0.15, 0.2) is 70.9 Å². The maximum Gasteiger partial charge on any atom is 0.335 e. The molecule has 1 aromatic carbocycles. The van der Waals surface area contributed by atoms with Crippen molar-refractivity contribution in [3.8, 4) is 0 Å². The third-order valence-corrected chi connectivity index (χ3v) is 10.2. The summed E-state index contributed by atoms with van der Waals surface area (Å²) in [6.45, 7) is 10.9. The highest BCUT2D eigenvalue weighted by molar-refractivity contribution is 6.30. The van der Waals surface area contributed by atoms with Gasteiger partial charge in [0.05, 0.1) is 24.5 Å². The molecule has 0 amide bonds. The minimum atomic E-state index is -0.447. The maximum atomic E-state index is 12.7. The third kappa shape index (κ3) is 4.90. The number of ether oxygens (including phenoxy) is 3. The molecule has 1 N–H and O–H groups in total. The number of nitrogens with one attached hydrogen (secondary N) is 1. The molecule has 2 aromatic rings. The first-order valence-corrected chi connectivity index (χ1v) is 14.5. The van der Waals surface area contributed by atoms with E-state index in [-0.39, 0.29) is 34.9 Å². The highest BCUT2D eigenvalue weighted by atomic mass is 35.5. The van der Waals surface area contributed by atoms with Crippen LogP contribution < -0.4 is 5.32 Å². The number of hydrogen-bond acceptors (Lipinski definition) is 6. The van der Waals surface area contributed by atoms with Gasteiger partial charge in [-0.25, -0.2) is 4.79 Å². The van der Waals surface area contributed by atoms with Crippen molar-refractivity contribution in [3.05, 3.63) is 82.8 Å². The fraction of sp³-hybridized carbons (Fsp3) is 0.531. The Labute approximate surface area is 235 Å². The number of allylic oxidation sites excluding steroid dienone is 1. The van der Waals surface area contributed by atoms with Crippen molar-refractivity contribution in [2.75, 3.05) is 13.2 Å². The van der Waals surface area contributed by atoms with Crippen molar-refractivity contribution in [1.82, 2.24) is 5.32 Å². The second kappa shape index (κ2) is 10.5. The molecule has 1 aromatic heterocycles. The van der Waals surface area contributed by atoms with Gasteiger partial charge in [0, 0.05) is 23.0 Å². The first-order chi connectivity index (χ1) is 18.8. The molecule has 7 heteroatoms. The van der Waals surface area contributed by atoms with Gasteiger partial charge in [-0.15, -0.1) is 0 Å². The van der Waals surface area contributed by atoms with E-state index in [0.29, 0.717) is 30.7 Å². The van der Waals surface area contributed by atoms with E-state index in [0.717, 1.165) is 49.0 Å². The Morgan fingerprint density at radius 3 is 2.79 bits per heavy atom. The Hall–Kier alpha value is -2.38. The molecule has 4 aliphatic rings. The summed E-state index contributed by atoms with van der Waals surface area (Å²) in [6, 6.07) is 11.5. The summed E-state index contributed by atoms with van der Waals surface area (Å²) in [4.78, 5) is 12.7. The van der Waals surface area contributed by atoms with E-state index in [2.05, 4.69) is 31.8 Å². The van der Waals surface area contributed by atoms with Gasteiger partial charge >= 0.3 is 5.97 Å². The van der Waals surface area contributed by atoms with Crippen LogP contribution in [-0.2, 0) is 25.5 Å². The van der Waals surface area contributed by atoms with Gasteiger partial charge in [0.1, 0.15) is 6.61 Å². The van der Waals surface area contributed by atoms with E-state index in [1.165, 1.54) is 5.57 Å². The Bertz CT molecular complexity index is 1260. The molecule has 208 valence electrons. The number of benzene rings is 1. The van der Waals surface area contributed by atoms with Gasteiger partial charge in [-0.05, 0) is 85.3 Å². The molecule has 2 aliphatic heterocycles.